The van der Waals surface area contributed by atoms with Gasteiger partial charge in [0, 0.05) is 12.2 Å². The van der Waals surface area contributed by atoms with Crippen LogP contribution in [0.4, 0.5) is 5.69 Å². The Labute approximate surface area is 113 Å². The van der Waals surface area contributed by atoms with Gasteiger partial charge < -0.3 is 20.7 Å². The third-order valence-corrected chi connectivity index (χ3v) is 3.35. The number of nitrogens with one attached hydrogen (secondary N) is 1. The lowest BCUT2D eigenvalue weighted by molar-refractivity contribution is 0.0898. The van der Waals surface area contributed by atoms with Gasteiger partial charge >= 0.3 is 0 Å². The van der Waals surface area contributed by atoms with Gasteiger partial charge in [-0.15, -0.1) is 0 Å². The summed E-state index contributed by atoms with van der Waals surface area (Å²) in [6.07, 6.45) is 4.79. The molecule has 5 heteroatoms. The maximum absolute atomic E-state index is 12.3. The maximum atomic E-state index is 12.3. The first-order valence-corrected chi connectivity index (χ1v) is 6.90. The van der Waals surface area contributed by atoms with E-state index in [1.807, 2.05) is 10.8 Å². The summed E-state index contributed by atoms with van der Waals surface area (Å²) in [6.45, 7) is 4.10. The van der Waals surface area contributed by atoms with Crippen LogP contribution in [0.25, 0.3) is 0 Å². The van der Waals surface area contributed by atoms with E-state index in [9.17, 15) is 9.90 Å². The standard InChI is InChI=1S/C14H23N3O2/c1-9(2)5-11(8-18)16-14(19)13-6-10(15)7-17(13)12-3-4-12/h6-7,9,11-12,18H,3-5,8,15H2,1-2H3,(H,16,19). The number of carbonyl (C=O) groups is 1. The molecule has 0 aromatic carbocycles. The second kappa shape index (κ2) is 5.65. The fraction of sp³-hybridized carbons (Fsp3) is 0.643. The molecule has 1 aliphatic carbocycles. The third kappa shape index (κ3) is 3.50. The molecule has 19 heavy (non-hydrogen) atoms. The molecule has 1 amide bonds. The topological polar surface area (TPSA) is 80.3 Å². The van der Waals surface area contributed by atoms with Crippen molar-refractivity contribution in [2.75, 3.05) is 12.3 Å². The van der Waals surface area contributed by atoms with E-state index in [0.717, 1.165) is 19.3 Å². The van der Waals surface area contributed by atoms with Gasteiger partial charge in [0.1, 0.15) is 5.69 Å². The average molecular weight is 265 g/mol. The number of nitrogen functional groups attached to an aromatic ring is 1. The summed E-state index contributed by atoms with van der Waals surface area (Å²) < 4.78 is 1.95. The van der Waals surface area contributed by atoms with Crippen molar-refractivity contribution in [1.29, 1.82) is 0 Å². The smallest absolute Gasteiger partial charge is 0.268 e. The van der Waals surface area contributed by atoms with E-state index in [1.165, 1.54) is 0 Å². The molecule has 106 valence electrons. The summed E-state index contributed by atoms with van der Waals surface area (Å²) in [5.41, 5.74) is 6.99. The van der Waals surface area contributed by atoms with Crippen molar-refractivity contribution in [3.05, 3.63) is 18.0 Å². The van der Waals surface area contributed by atoms with Gasteiger partial charge in [0.2, 0.25) is 0 Å². The normalized spacial score (nSPS) is 16.6. The van der Waals surface area contributed by atoms with Crippen LogP contribution in [0.1, 0.15) is 49.6 Å². The van der Waals surface area contributed by atoms with Crippen molar-refractivity contribution in [1.82, 2.24) is 9.88 Å². The first-order valence-electron chi connectivity index (χ1n) is 6.90. The lowest BCUT2D eigenvalue weighted by Crippen LogP contribution is -2.39. The Morgan fingerprint density at radius 1 is 1.58 bits per heavy atom. The molecule has 1 saturated carbocycles. The van der Waals surface area contributed by atoms with Crippen LogP contribution in [0.2, 0.25) is 0 Å². The summed E-state index contributed by atoms with van der Waals surface area (Å²) in [7, 11) is 0. The number of nitrogens with two attached hydrogens (primary N) is 1. The van der Waals surface area contributed by atoms with E-state index in [1.54, 1.807) is 6.07 Å². The monoisotopic (exact) mass is 265 g/mol. The number of anilines is 1. The highest BCUT2D eigenvalue weighted by atomic mass is 16.3. The number of aromatic nitrogens is 1. The van der Waals surface area contributed by atoms with Gasteiger partial charge in [0.25, 0.3) is 5.91 Å². The van der Waals surface area contributed by atoms with Crippen LogP contribution in [-0.4, -0.2) is 28.2 Å². The zero-order valence-corrected chi connectivity index (χ0v) is 11.6. The Hall–Kier alpha value is -1.49. The molecule has 1 aromatic rings. The van der Waals surface area contributed by atoms with Crippen molar-refractivity contribution >= 4 is 11.6 Å². The number of nitrogens with zero attached hydrogens (tertiary/aromatic N) is 1. The van der Waals surface area contributed by atoms with E-state index < -0.39 is 0 Å². The molecule has 2 rings (SSSR count). The maximum Gasteiger partial charge on any atom is 0.268 e. The Morgan fingerprint density at radius 2 is 2.26 bits per heavy atom. The van der Waals surface area contributed by atoms with Crippen LogP contribution in [0.3, 0.4) is 0 Å². The Kier molecular flexibility index (Phi) is 4.14. The van der Waals surface area contributed by atoms with Gasteiger partial charge in [-0.25, -0.2) is 0 Å². The predicted molar refractivity (Wildman–Crippen MR) is 74.9 cm³/mol. The highest BCUT2D eigenvalue weighted by Gasteiger charge is 2.28. The van der Waals surface area contributed by atoms with Crippen LogP contribution in [0.15, 0.2) is 12.3 Å². The van der Waals surface area contributed by atoms with Gasteiger partial charge in [-0.3, -0.25) is 4.79 Å². The first kappa shape index (κ1) is 13.9. The SMILES string of the molecule is CC(C)CC(CO)NC(=O)c1cc(N)cn1C1CC1. The molecule has 1 aliphatic rings. The van der Waals surface area contributed by atoms with Crippen LogP contribution >= 0.6 is 0 Å². The summed E-state index contributed by atoms with van der Waals surface area (Å²) in [5, 5.41) is 12.2. The molecular formula is C14H23N3O2. The number of hydrogen-bond acceptors (Lipinski definition) is 3. The number of aliphatic hydroxyl groups excluding tert-OH is 1. The Balaban J connectivity index is 2.06. The quantitative estimate of drug-likeness (QED) is 0.730. The second-order valence-electron chi connectivity index (χ2n) is 5.78. The van der Waals surface area contributed by atoms with Gasteiger partial charge in [-0.1, -0.05) is 13.8 Å². The predicted octanol–water partition coefficient (Wildman–Crippen LogP) is 1.54. The first-order chi connectivity index (χ1) is 9.01. The Bertz CT molecular complexity index is 450. The van der Waals surface area contributed by atoms with Crippen molar-refractivity contribution in [3.63, 3.8) is 0 Å². The number of rotatable bonds is 6. The fourth-order valence-electron chi connectivity index (χ4n) is 2.34. The summed E-state index contributed by atoms with van der Waals surface area (Å²) in [5.74, 6) is 0.279. The van der Waals surface area contributed by atoms with Crippen LogP contribution in [0.5, 0.6) is 0 Å². The lowest BCUT2D eigenvalue weighted by atomic mass is 10.0. The van der Waals surface area contributed by atoms with Crippen molar-refractivity contribution in [2.45, 2.75) is 45.2 Å². The third-order valence-electron chi connectivity index (χ3n) is 3.35. The van der Waals surface area contributed by atoms with Gasteiger partial charge in [-0.2, -0.15) is 0 Å². The van der Waals surface area contributed by atoms with E-state index in [4.69, 9.17) is 5.73 Å². The highest BCUT2D eigenvalue weighted by molar-refractivity contribution is 5.94. The van der Waals surface area contributed by atoms with Crippen LogP contribution in [-0.2, 0) is 0 Å². The van der Waals surface area contributed by atoms with E-state index >= 15 is 0 Å². The van der Waals surface area contributed by atoms with Crippen molar-refractivity contribution < 1.29 is 9.90 Å². The van der Waals surface area contributed by atoms with Crippen LogP contribution < -0.4 is 11.1 Å². The average Bonchev–Trinajstić information content (AvgIpc) is 3.10. The van der Waals surface area contributed by atoms with E-state index in [-0.39, 0.29) is 18.6 Å². The van der Waals surface area contributed by atoms with Gasteiger partial charge in [-0.05, 0) is 31.2 Å². The molecule has 0 aliphatic heterocycles. The second-order valence-corrected chi connectivity index (χ2v) is 5.78. The number of carbonyl (C=O) groups excluding carboxylic acids is 1. The van der Waals surface area contributed by atoms with Gasteiger partial charge in [0.15, 0.2) is 0 Å². The zero-order chi connectivity index (χ0) is 14.0. The molecule has 1 unspecified atom stereocenters. The van der Waals surface area contributed by atoms with Gasteiger partial charge in [0.05, 0.1) is 18.3 Å². The summed E-state index contributed by atoms with van der Waals surface area (Å²) >= 11 is 0. The number of hydrogen-bond donors (Lipinski definition) is 3. The minimum absolute atomic E-state index is 0.0382. The molecule has 0 radical (unpaired) electrons. The molecule has 1 heterocycles. The minimum Gasteiger partial charge on any atom is -0.397 e. The van der Waals surface area contributed by atoms with Crippen molar-refractivity contribution in [2.24, 2.45) is 5.92 Å². The molecule has 0 saturated heterocycles. The molecule has 5 nitrogen and oxygen atoms in total. The van der Waals surface area contributed by atoms with E-state index in [0.29, 0.717) is 23.3 Å². The molecule has 1 fully saturated rings. The lowest BCUT2D eigenvalue weighted by Gasteiger charge is -2.18. The van der Waals surface area contributed by atoms with E-state index in [2.05, 4.69) is 19.2 Å². The number of aliphatic hydroxyl groups is 1. The Morgan fingerprint density at radius 3 is 2.79 bits per heavy atom. The molecule has 0 spiro atoms. The molecular weight excluding hydrogens is 242 g/mol. The molecule has 4 N–H and O–H groups in total. The fourth-order valence-corrected chi connectivity index (χ4v) is 2.34. The van der Waals surface area contributed by atoms with Crippen LogP contribution in [0, 0.1) is 5.92 Å². The molecule has 0 bridgehead atoms. The molecule has 1 aromatic heterocycles. The zero-order valence-electron chi connectivity index (χ0n) is 11.6. The highest BCUT2D eigenvalue weighted by Crippen LogP contribution is 2.37. The summed E-state index contributed by atoms with van der Waals surface area (Å²) in [4.78, 5) is 12.3. The number of amides is 1. The van der Waals surface area contributed by atoms with Crippen molar-refractivity contribution in [3.8, 4) is 0 Å². The summed E-state index contributed by atoms with van der Waals surface area (Å²) in [6, 6.07) is 1.92. The molecule has 1 atom stereocenters. The minimum atomic E-state index is -0.198. The largest absolute Gasteiger partial charge is 0.397 e.